The maximum Gasteiger partial charge on any atom is 0.258 e. The Kier molecular flexibility index (Phi) is 3.58. The summed E-state index contributed by atoms with van der Waals surface area (Å²) in [5.41, 5.74) is 5.21. The van der Waals surface area contributed by atoms with Gasteiger partial charge in [0.25, 0.3) is 5.88 Å². The van der Waals surface area contributed by atoms with Crippen molar-refractivity contribution in [2.24, 2.45) is 0 Å². The molecule has 20 heavy (non-hydrogen) atoms. The van der Waals surface area contributed by atoms with Crippen molar-refractivity contribution in [3.8, 4) is 11.6 Å². The van der Waals surface area contributed by atoms with Gasteiger partial charge in [-0.2, -0.15) is 4.98 Å². The molecule has 2 aromatic rings. The molecule has 0 radical (unpaired) electrons. The number of nitrogens with zero attached hydrogens (tertiary/aromatic N) is 1. The summed E-state index contributed by atoms with van der Waals surface area (Å²) < 4.78 is 54.3. The molecule has 1 aromatic carbocycles. The van der Waals surface area contributed by atoms with Crippen LogP contribution in [0.2, 0.25) is 0 Å². The van der Waals surface area contributed by atoms with E-state index in [1.165, 1.54) is 24.3 Å². The van der Waals surface area contributed by atoms with Crippen LogP contribution in [0.4, 0.5) is 14.6 Å². The highest BCUT2D eigenvalue weighted by atomic mass is 32.2. The monoisotopic (exact) mass is 300 g/mol. The molecule has 0 aliphatic heterocycles. The fraction of sp³-hybridized carbons (Fsp3) is 0.0833. The molecule has 8 heteroatoms. The van der Waals surface area contributed by atoms with Gasteiger partial charge in [-0.25, -0.2) is 17.2 Å². The maximum absolute atomic E-state index is 13.4. The van der Waals surface area contributed by atoms with Crippen LogP contribution in [-0.4, -0.2) is 19.7 Å². The lowest BCUT2D eigenvalue weighted by Crippen LogP contribution is -2.01. The Labute approximate surface area is 113 Å². The van der Waals surface area contributed by atoms with Crippen molar-refractivity contribution in [3.05, 3.63) is 42.0 Å². The summed E-state index contributed by atoms with van der Waals surface area (Å²) in [5.74, 6) is -3.04. The minimum absolute atomic E-state index is 0.00508. The number of halogens is 2. The molecule has 0 fully saturated rings. The number of ether oxygens (including phenoxy) is 1. The number of pyridine rings is 1. The third kappa shape index (κ3) is 3.02. The van der Waals surface area contributed by atoms with Gasteiger partial charge < -0.3 is 10.5 Å². The minimum Gasteiger partial charge on any atom is -0.436 e. The second-order valence-corrected chi connectivity index (χ2v) is 6.01. The van der Waals surface area contributed by atoms with Crippen LogP contribution >= 0.6 is 0 Å². The molecule has 0 saturated heterocycles. The van der Waals surface area contributed by atoms with E-state index in [0.29, 0.717) is 6.07 Å². The smallest absolute Gasteiger partial charge is 0.258 e. The molecule has 0 spiro atoms. The fourth-order valence-electron chi connectivity index (χ4n) is 1.41. The molecular weight excluding hydrogens is 290 g/mol. The first-order valence-corrected chi connectivity index (χ1v) is 7.26. The zero-order valence-corrected chi connectivity index (χ0v) is 11.1. The van der Waals surface area contributed by atoms with Crippen LogP contribution in [0, 0.1) is 11.6 Å². The summed E-state index contributed by atoms with van der Waals surface area (Å²) in [5, 5.41) is 0. The van der Waals surface area contributed by atoms with E-state index in [1.54, 1.807) is 0 Å². The first kappa shape index (κ1) is 14.2. The molecule has 0 atom stereocenters. The van der Waals surface area contributed by atoms with Crippen molar-refractivity contribution in [2.45, 2.75) is 4.90 Å². The summed E-state index contributed by atoms with van der Waals surface area (Å²) in [6, 6.07) is 5.95. The van der Waals surface area contributed by atoms with Crippen molar-refractivity contribution in [1.82, 2.24) is 4.98 Å². The number of sulfone groups is 1. The first-order valence-electron chi connectivity index (χ1n) is 5.37. The molecule has 1 heterocycles. The Balaban J connectivity index is 2.38. The average Bonchev–Trinajstić information content (AvgIpc) is 2.35. The van der Waals surface area contributed by atoms with E-state index in [0.717, 1.165) is 6.26 Å². The van der Waals surface area contributed by atoms with Crippen molar-refractivity contribution >= 4 is 15.7 Å². The van der Waals surface area contributed by atoms with Gasteiger partial charge in [0.15, 0.2) is 27.3 Å². The number of anilines is 1. The Morgan fingerprint density at radius 3 is 2.55 bits per heavy atom. The predicted octanol–water partition coefficient (Wildman–Crippen LogP) is 2.14. The number of nitrogen functional groups attached to an aromatic ring is 1. The summed E-state index contributed by atoms with van der Waals surface area (Å²) in [6.45, 7) is 0. The zero-order chi connectivity index (χ0) is 14.9. The van der Waals surface area contributed by atoms with Gasteiger partial charge in [-0.1, -0.05) is 6.07 Å². The summed E-state index contributed by atoms with van der Waals surface area (Å²) in [6.07, 6.45) is 1.03. The van der Waals surface area contributed by atoms with E-state index in [2.05, 4.69) is 4.98 Å². The third-order valence-electron chi connectivity index (χ3n) is 2.37. The van der Waals surface area contributed by atoms with Crippen LogP contribution in [0.25, 0.3) is 0 Å². The Hall–Kier alpha value is -2.22. The highest BCUT2D eigenvalue weighted by Crippen LogP contribution is 2.26. The third-order valence-corrected chi connectivity index (χ3v) is 3.48. The van der Waals surface area contributed by atoms with E-state index in [9.17, 15) is 17.2 Å². The number of benzene rings is 1. The summed E-state index contributed by atoms with van der Waals surface area (Å²) in [4.78, 5) is 3.42. The summed E-state index contributed by atoms with van der Waals surface area (Å²) >= 11 is 0. The van der Waals surface area contributed by atoms with E-state index >= 15 is 0 Å². The molecule has 2 rings (SSSR count). The van der Waals surface area contributed by atoms with Gasteiger partial charge in [0.1, 0.15) is 5.75 Å². The Morgan fingerprint density at radius 2 is 1.90 bits per heavy atom. The highest BCUT2D eigenvalue weighted by Gasteiger charge is 2.13. The minimum atomic E-state index is -3.42. The zero-order valence-electron chi connectivity index (χ0n) is 10.3. The van der Waals surface area contributed by atoms with Crippen molar-refractivity contribution < 1.29 is 21.9 Å². The second kappa shape index (κ2) is 5.04. The Bertz CT molecular complexity index is 763. The largest absolute Gasteiger partial charge is 0.436 e. The number of hydrogen-bond donors (Lipinski definition) is 1. The molecule has 5 nitrogen and oxygen atoms in total. The molecule has 0 aliphatic rings. The van der Waals surface area contributed by atoms with Gasteiger partial charge in [0.05, 0.1) is 4.90 Å². The molecular formula is C12H10F2N2O3S. The van der Waals surface area contributed by atoms with Gasteiger partial charge >= 0.3 is 0 Å². The fourth-order valence-corrected chi connectivity index (χ4v) is 2.07. The quantitative estimate of drug-likeness (QED) is 0.939. The lowest BCUT2D eigenvalue weighted by atomic mass is 10.3. The van der Waals surface area contributed by atoms with Crippen LogP contribution in [-0.2, 0) is 9.84 Å². The van der Waals surface area contributed by atoms with Crippen LogP contribution in [0.3, 0.4) is 0 Å². The van der Waals surface area contributed by atoms with Crippen LogP contribution in [0.15, 0.2) is 35.2 Å². The average molecular weight is 300 g/mol. The van der Waals surface area contributed by atoms with E-state index in [4.69, 9.17) is 10.5 Å². The van der Waals surface area contributed by atoms with E-state index in [1.807, 2.05) is 0 Å². The Morgan fingerprint density at radius 1 is 1.20 bits per heavy atom. The molecule has 0 aliphatic carbocycles. The van der Waals surface area contributed by atoms with Gasteiger partial charge in [-0.05, 0) is 18.2 Å². The van der Waals surface area contributed by atoms with Gasteiger partial charge in [0, 0.05) is 12.3 Å². The second-order valence-electron chi connectivity index (χ2n) is 3.99. The molecule has 0 unspecified atom stereocenters. The highest BCUT2D eigenvalue weighted by molar-refractivity contribution is 7.90. The number of aromatic nitrogens is 1. The van der Waals surface area contributed by atoms with Crippen LogP contribution < -0.4 is 10.5 Å². The molecule has 0 saturated carbocycles. The van der Waals surface area contributed by atoms with Gasteiger partial charge in [0.2, 0.25) is 0 Å². The van der Waals surface area contributed by atoms with Crippen molar-refractivity contribution in [3.63, 3.8) is 0 Å². The predicted molar refractivity (Wildman–Crippen MR) is 68.2 cm³/mol. The van der Waals surface area contributed by atoms with Gasteiger partial charge in [-0.3, -0.25) is 0 Å². The van der Waals surface area contributed by atoms with Crippen molar-refractivity contribution in [2.75, 3.05) is 12.0 Å². The lowest BCUT2D eigenvalue weighted by molar-refractivity contribution is 0.417. The molecule has 0 amide bonds. The molecule has 2 N–H and O–H groups in total. The number of hydrogen-bond acceptors (Lipinski definition) is 5. The maximum atomic E-state index is 13.4. The van der Waals surface area contributed by atoms with Crippen LogP contribution in [0.5, 0.6) is 11.6 Å². The molecule has 0 bridgehead atoms. The molecule has 1 aromatic heterocycles. The van der Waals surface area contributed by atoms with Crippen molar-refractivity contribution in [1.29, 1.82) is 0 Å². The topological polar surface area (TPSA) is 82.3 Å². The number of rotatable bonds is 3. The SMILES string of the molecule is CS(=O)(=O)c1cccc(Oc2nc(N)c(F)cc2F)c1. The van der Waals surface area contributed by atoms with E-state index < -0.39 is 33.2 Å². The number of nitrogens with two attached hydrogens (primary N) is 1. The van der Waals surface area contributed by atoms with Crippen LogP contribution in [0.1, 0.15) is 0 Å². The lowest BCUT2D eigenvalue weighted by Gasteiger charge is -2.08. The summed E-state index contributed by atoms with van der Waals surface area (Å²) in [7, 11) is -3.42. The first-order chi connectivity index (χ1) is 9.27. The standard InChI is InChI=1S/C12H10F2N2O3S/c1-20(17,18)8-4-2-3-7(5-8)19-12-10(14)6-9(13)11(15)16-12/h2-6H,1H3,(H2,15,16). The van der Waals surface area contributed by atoms with E-state index in [-0.39, 0.29) is 10.6 Å². The molecule has 106 valence electrons. The van der Waals surface area contributed by atoms with Gasteiger partial charge in [-0.15, -0.1) is 0 Å². The normalized spacial score (nSPS) is 11.3.